The van der Waals surface area contributed by atoms with Gasteiger partial charge in [-0.15, -0.1) is 0 Å². The molecule has 0 bridgehead atoms. The summed E-state index contributed by atoms with van der Waals surface area (Å²) >= 11 is 5.52. The molecule has 0 aromatic heterocycles. The lowest BCUT2D eigenvalue weighted by Crippen LogP contribution is -2.51. The predicted octanol–water partition coefficient (Wildman–Crippen LogP) is 3.02. The summed E-state index contributed by atoms with van der Waals surface area (Å²) in [6.45, 7) is 6.01. The number of nitrogens with zero attached hydrogens (tertiary/aromatic N) is 2. The van der Waals surface area contributed by atoms with Gasteiger partial charge in [-0.25, -0.2) is 8.42 Å². The summed E-state index contributed by atoms with van der Waals surface area (Å²) < 4.78 is 32.3. The third-order valence-electron chi connectivity index (χ3n) is 4.98. The highest BCUT2D eigenvalue weighted by Gasteiger charge is 2.29. The maximum absolute atomic E-state index is 12.8. The van der Waals surface area contributed by atoms with E-state index < -0.39 is 10.0 Å². The van der Waals surface area contributed by atoms with Crippen molar-refractivity contribution in [2.45, 2.75) is 18.7 Å². The summed E-state index contributed by atoms with van der Waals surface area (Å²) in [5.41, 5.74) is 3.37. The van der Waals surface area contributed by atoms with Crippen LogP contribution in [0.2, 0.25) is 0 Å². The molecule has 1 N–H and O–H groups in total. The summed E-state index contributed by atoms with van der Waals surface area (Å²) in [5.74, 6) is 0.631. The van der Waals surface area contributed by atoms with Gasteiger partial charge in [0, 0.05) is 31.9 Å². The van der Waals surface area contributed by atoms with Crippen LogP contribution < -0.4 is 10.1 Å². The Bertz CT molecular complexity index is 951. The summed E-state index contributed by atoms with van der Waals surface area (Å²) in [4.78, 5) is 2.28. The van der Waals surface area contributed by atoms with E-state index in [0.29, 0.717) is 37.0 Å². The Morgan fingerprint density at radius 1 is 1.00 bits per heavy atom. The van der Waals surface area contributed by atoms with Gasteiger partial charge in [0.05, 0.1) is 12.0 Å². The van der Waals surface area contributed by atoms with Crippen molar-refractivity contribution >= 4 is 33.0 Å². The standard InChI is InChI=1S/C20H25N3O3S2/c1-15-4-5-17(14-16(15)2)21-20(27)22-10-12-23(13-11-22)28(24,25)19-8-6-18(26-3)7-9-19/h4-9,14H,10-13H2,1-3H3,(H,21,27). The first-order chi connectivity index (χ1) is 13.3. The minimum atomic E-state index is -3.52. The van der Waals surface area contributed by atoms with Crippen molar-refractivity contribution in [2.24, 2.45) is 0 Å². The number of hydrogen-bond donors (Lipinski definition) is 1. The fourth-order valence-electron chi connectivity index (χ4n) is 3.05. The van der Waals surface area contributed by atoms with E-state index in [9.17, 15) is 8.42 Å². The SMILES string of the molecule is COc1ccc(S(=O)(=O)N2CCN(C(=S)Nc3ccc(C)c(C)c3)CC2)cc1. The highest BCUT2D eigenvalue weighted by atomic mass is 32.2. The molecule has 0 radical (unpaired) electrons. The molecule has 0 saturated carbocycles. The summed E-state index contributed by atoms with van der Waals surface area (Å²) in [7, 11) is -1.96. The molecule has 2 aromatic carbocycles. The van der Waals surface area contributed by atoms with Crippen LogP contribution in [-0.4, -0.2) is 56.0 Å². The normalized spacial score (nSPS) is 15.3. The lowest BCUT2D eigenvalue weighted by molar-refractivity contribution is 0.268. The molecular weight excluding hydrogens is 394 g/mol. The number of rotatable bonds is 4. The van der Waals surface area contributed by atoms with Crippen LogP contribution >= 0.6 is 12.2 Å². The van der Waals surface area contributed by atoms with Gasteiger partial charge in [0.2, 0.25) is 10.0 Å². The van der Waals surface area contributed by atoms with Gasteiger partial charge in [0.15, 0.2) is 5.11 Å². The van der Waals surface area contributed by atoms with Gasteiger partial charge < -0.3 is 15.0 Å². The van der Waals surface area contributed by atoms with Crippen molar-refractivity contribution in [1.29, 1.82) is 0 Å². The number of anilines is 1. The van der Waals surface area contributed by atoms with Crippen molar-refractivity contribution in [3.05, 3.63) is 53.6 Å². The van der Waals surface area contributed by atoms with Gasteiger partial charge in [-0.2, -0.15) is 4.31 Å². The van der Waals surface area contributed by atoms with Crippen LogP contribution in [0.15, 0.2) is 47.4 Å². The molecule has 1 aliphatic heterocycles. The summed E-state index contributed by atoms with van der Waals surface area (Å²) in [5, 5.41) is 3.87. The molecule has 1 heterocycles. The second-order valence-electron chi connectivity index (χ2n) is 6.80. The number of benzene rings is 2. The largest absolute Gasteiger partial charge is 0.497 e. The molecule has 8 heteroatoms. The molecule has 0 unspecified atom stereocenters. The van der Waals surface area contributed by atoms with E-state index in [0.717, 1.165) is 5.69 Å². The molecule has 2 aromatic rings. The Kier molecular flexibility index (Phi) is 6.22. The first-order valence-corrected chi connectivity index (χ1v) is 10.9. The van der Waals surface area contributed by atoms with Crippen LogP contribution in [0, 0.1) is 13.8 Å². The zero-order chi connectivity index (χ0) is 20.3. The smallest absolute Gasteiger partial charge is 0.243 e. The molecule has 150 valence electrons. The van der Waals surface area contributed by atoms with Crippen LogP contribution in [0.3, 0.4) is 0 Å². The molecule has 0 spiro atoms. The first-order valence-electron chi connectivity index (χ1n) is 9.08. The van der Waals surface area contributed by atoms with E-state index >= 15 is 0 Å². The van der Waals surface area contributed by atoms with Gasteiger partial charge >= 0.3 is 0 Å². The van der Waals surface area contributed by atoms with Crippen molar-refractivity contribution in [1.82, 2.24) is 9.21 Å². The molecule has 6 nitrogen and oxygen atoms in total. The molecule has 1 fully saturated rings. The van der Waals surface area contributed by atoms with Crippen molar-refractivity contribution in [3.8, 4) is 5.75 Å². The van der Waals surface area contributed by atoms with Crippen LogP contribution in [0.25, 0.3) is 0 Å². The van der Waals surface area contributed by atoms with Crippen LogP contribution in [0.1, 0.15) is 11.1 Å². The van der Waals surface area contributed by atoms with Crippen molar-refractivity contribution in [3.63, 3.8) is 0 Å². The molecule has 0 atom stereocenters. The maximum atomic E-state index is 12.8. The molecule has 0 amide bonds. The van der Waals surface area contributed by atoms with Crippen LogP contribution in [0.4, 0.5) is 5.69 Å². The number of sulfonamides is 1. The van der Waals surface area contributed by atoms with Gasteiger partial charge in [-0.3, -0.25) is 0 Å². The Morgan fingerprint density at radius 2 is 1.64 bits per heavy atom. The zero-order valence-corrected chi connectivity index (χ0v) is 17.9. The number of ether oxygens (including phenoxy) is 1. The molecule has 1 aliphatic rings. The molecule has 0 aliphatic carbocycles. The van der Waals surface area contributed by atoms with E-state index in [1.807, 2.05) is 11.0 Å². The summed E-state index contributed by atoms with van der Waals surface area (Å²) in [6.07, 6.45) is 0. The third kappa shape index (κ3) is 4.45. The van der Waals surface area contributed by atoms with E-state index in [1.54, 1.807) is 31.4 Å². The van der Waals surface area contributed by atoms with Gasteiger partial charge in [0.1, 0.15) is 5.75 Å². The average molecular weight is 420 g/mol. The molecule has 3 rings (SSSR count). The average Bonchev–Trinajstić information content (AvgIpc) is 2.71. The third-order valence-corrected chi connectivity index (χ3v) is 7.25. The minimum absolute atomic E-state index is 0.276. The molecule has 1 saturated heterocycles. The fraction of sp³-hybridized carbons (Fsp3) is 0.350. The number of nitrogens with one attached hydrogen (secondary N) is 1. The second-order valence-corrected chi connectivity index (χ2v) is 9.12. The van der Waals surface area contributed by atoms with E-state index in [4.69, 9.17) is 17.0 Å². The Hall–Kier alpha value is -2.16. The maximum Gasteiger partial charge on any atom is 0.243 e. The number of thiocarbonyl (C=S) groups is 1. The number of aryl methyl sites for hydroxylation is 2. The van der Waals surface area contributed by atoms with Crippen molar-refractivity contribution < 1.29 is 13.2 Å². The number of piperazine rings is 1. The zero-order valence-electron chi connectivity index (χ0n) is 16.3. The fourth-order valence-corrected chi connectivity index (χ4v) is 4.77. The van der Waals surface area contributed by atoms with Crippen LogP contribution in [-0.2, 0) is 10.0 Å². The van der Waals surface area contributed by atoms with Crippen LogP contribution in [0.5, 0.6) is 5.75 Å². The summed E-state index contributed by atoms with van der Waals surface area (Å²) in [6, 6.07) is 12.6. The molecule has 28 heavy (non-hydrogen) atoms. The first kappa shape index (κ1) is 20.6. The predicted molar refractivity (Wildman–Crippen MR) is 115 cm³/mol. The Balaban J connectivity index is 1.61. The number of hydrogen-bond acceptors (Lipinski definition) is 4. The highest BCUT2D eigenvalue weighted by molar-refractivity contribution is 7.89. The topological polar surface area (TPSA) is 61.9 Å². The van der Waals surface area contributed by atoms with E-state index in [1.165, 1.54) is 15.4 Å². The van der Waals surface area contributed by atoms with Crippen molar-refractivity contribution in [2.75, 3.05) is 38.6 Å². The second kappa shape index (κ2) is 8.46. The van der Waals surface area contributed by atoms with E-state index in [-0.39, 0.29) is 4.90 Å². The quantitative estimate of drug-likeness (QED) is 0.769. The Labute approximate surface area is 172 Å². The van der Waals surface area contributed by atoms with Gasteiger partial charge in [0.25, 0.3) is 0 Å². The lowest BCUT2D eigenvalue weighted by atomic mass is 10.1. The lowest BCUT2D eigenvalue weighted by Gasteiger charge is -2.35. The molecular formula is C20H25N3O3S2. The van der Waals surface area contributed by atoms with E-state index in [2.05, 4.69) is 31.3 Å². The van der Waals surface area contributed by atoms with Gasteiger partial charge in [-0.1, -0.05) is 6.07 Å². The van der Waals surface area contributed by atoms with Gasteiger partial charge in [-0.05, 0) is 73.6 Å². The highest BCUT2D eigenvalue weighted by Crippen LogP contribution is 2.21. The monoisotopic (exact) mass is 419 g/mol. The minimum Gasteiger partial charge on any atom is -0.497 e. The Morgan fingerprint density at radius 3 is 2.21 bits per heavy atom. The number of methoxy groups -OCH3 is 1.